The van der Waals surface area contributed by atoms with Crippen LogP contribution < -0.4 is 20.1 Å². The lowest BCUT2D eigenvalue weighted by molar-refractivity contribution is 0.242. The van der Waals surface area contributed by atoms with Gasteiger partial charge in [-0.05, 0) is 50.2 Å². The zero-order valence-electron chi connectivity index (χ0n) is 14.0. The molecule has 2 aromatic carbocycles. The van der Waals surface area contributed by atoms with Crippen LogP contribution in [0.5, 0.6) is 11.5 Å². The molecule has 7 heteroatoms. The molecule has 2 N–H and O–H groups in total. The van der Waals surface area contributed by atoms with Crippen LogP contribution in [0, 0.1) is 11.6 Å². The molecule has 2 aromatic rings. The van der Waals surface area contributed by atoms with E-state index in [1.54, 1.807) is 24.3 Å². The van der Waals surface area contributed by atoms with Crippen molar-refractivity contribution in [3.8, 4) is 11.5 Å². The Hall–Kier alpha value is -2.83. The second-order valence-corrected chi connectivity index (χ2v) is 5.50. The van der Waals surface area contributed by atoms with E-state index >= 15 is 0 Å². The van der Waals surface area contributed by atoms with Crippen molar-refractivity contribution in [2.45, 2.75) is 20.0 Å². The van der Waals surface area contributed by atoms with Crippen LogP contribution in [-0.4, -0.2) is 25.3 Å². The molecule has 0 aliphatic carbocycles. The van der Waals surface area contributed by atoms with E-state index in [1.165, 1.54) is 6.07 Å². The maximum atomic E-state index is 13.0. The van der Waals surface area contributed by atoms with Gasteiger partial charge < -0.3 is 20.1 Å². The van der Waals surface area contributed by atoms with E-state index in [0.29, 0.717) is 5.69 Å². The van der Waals surface area contributed by atoms with Gasteiger partial charge in [0.25, 0.3) is 0 Å². The quantitative estimate of drug-likeness (QED) is 0.743. The lowest BCUT2D eigenvalue weighted by Gasteiger charge is -2.11. The topological polar surface area (TPSA) is 59.6 Å². The Balaban J connectivity index is 1.70. The van der Waals surface area contributed by atoms with Crippen molar-refractivity contribution < 1.29 is 23.0 Å². The highest BCUT2D eigenvalue weighted by Crippen LogP contribution is 2.17. The second kappa shape index (κ2) is 8.86. The predicted octanol–water partition coefficient (Wildman–Crippen LogP) is 3.95. The minimum atomic E-state index is -0.979. The summed E-state index contributed by atoms with van der Waals surface area (Å²) in [4.78, 5) is 11.8. The summed E-state index contributed by atoms with van der Waals surface area (Å²) in [6, 6.07) is 9.85. The molecule has 0 saturated carbocycles. The first-order valence-electron chi connectivity index (χ1n) is 7.83. The summed E-state index contributed by atoms with van der Waals surface area (Å²) < 4.78 is 36.5. The minimum absolute atomic E-state index is 0.0803. The first kappa shape index (κ1) is 18.5. The van der Waals surface area contributed by atoms with Crippen molar-refractivity contribution in [3.05, 3.63) is 54.1 Å². The number of benzene rings is 2. The fourth-order valence-electron chi connectivity index (χ4n) is 1.96. The molecule has 5 nitrogen and oxygen atoms in total. The van der Waals surface area contributed by atoms with Crippen molar-refractivity contribution in [2.75, 3.05) is 18.5 Å². The van der Waals surface area contributed by atoms with Crippen LogP contribution in [0.2, 0.25) is 0 Å². The Morgan fingerprint density at radius 1 is 1.04 bits per heavy atom. The summed E-state index contributed by atoms with van der Waals surface area (Å²) in [5, 5.41) is 5.27. The molecule has 0 aromatic heterocycles. The molecule has 0 spiro atoms. The molecule has 2 amide bonds. The lowest BCUT2D eigenvalue weighted by Crippen LogP contribution is -2.32. The molecule has 0 unspecified atom stereocenters. The Bertz CT molecular complexity index is 706. The van der Waals surface area contributed by atoms with Crippen LogP contribution >= 0.6 is 0 Å². The molecule has 0 aliphatic rings. The number of carbonyl (C=O) groups is 1. The van der Waals surface area contributed by atoms with E-state index in [4.69, 9.17) is 9.47 Å². The summed E-state index contributed by atoms with van der Waals surface area (Å²) >= 11 is 0. The van der Waals surface area contributed by atoms with Gasteiger partial charge in [0.05, 0.1) is 12.6 Å². The molecule has 0 atom stereocenters. The van der Waals surface area contributed by atoms with Crippen LogP contribution in [-0.2, 0) is 0 Å². The van der Waals surface area contributed by atoms with Gasteiger partial charge in [0, 0.05) is 11.8 Å². The van der Waals surface area contributed by atoms with Crippen molar-refractivity contribution in [1.82, 2.24) is 5.32 Å². The molecule has 2 rings (SSSR count). The molecule has 25 heavy (non-hydrogen) atoms. The first-order valence-corrected chi connectivity index (χ1v) is 7.83. The van der Waals surface area contributed by atoms with Gasteiger partial charge in [0.15, 0.2) is 11.6 Å². The molecule has 0 heterocycles. The largest absolute Gasteiger partial charge is 0.492 e. The normalized spacial score (nSPS) is 10.4. The standard InChI is InChI=1S/C18H20F2N2O3/c1-12(2)25-14-5-3-13(4-6-14)22-18(23)21-9-10-24-15-7-8-16(19)17(20)11-15/h3-8,11-12H,9-10H2,1-2H3,(H2,21,22,23). The number of halogens is 2. The number of hydrogen-bond acceptors (Lipinski definition) is 3. The van der Waals surface area contributed by atoms with E-state index in [0.717, 1.165) is 17.9 Å². The second-order valence-electron chi connectivity index (χ2n) is 5.50. The van der Waals surface area contributed by atoms with Crippen LogP contribution in [0.3, 0.4) is 0 Å². The molecule has 0 radical (unpaired) electrons. The van der Waals surface area contributed by atoms with Crippen molar-refractivity contribution in [1.29, 1.82) is 0 Å². The number of nitrogens with one attached hydrogen (secondary N) is 2. The Morgan fingerprint density at radius 2 is 1.72 bits per heavy atom. The van der Waals surface area contributed by atoms with Gasteiger partial charge in [-0.3, -0.25) is 0 Å². The fourth-order valence-corrected chi connectivity index (χ4v) is 1.96. The summed E-state index contributed by atoms with van der Waals surface area (Å²) in [6.45, 7) is 4.20. The number of carbonyl (C=O) groups excluding carboxylic acids is 1. The molecule has 0 aliphatic heterocycles. The van der Waals surface area contributed by atoms with Gasteiger partial charge >= 0.3 is 6.03 Å². The number of amides is 2. The van der Waals surface area contributed by atoms with Gasteiger partial charge in [0.2, 0.25) is 0 Å². The highest BCUT2D eigenvalue weighted by atomic mass is 19.2. The number of rotatable bonds is 7. The maximum absolute atomic E-state index is 13.0. The predicted molar refractivity (Wildman–Crippen MR) is 91.1 cm³/mol. The average Bonchev–Trinajstić information content (AvgIpc) is 2.56. The van der Waals surface area contributed by atoms with Crippen LogP contribution in [0.1, 0.15) is 13.8 Å². The smallest absolute Gasteiger partial charge is 0.319 e. The zero-order chi connectivity index (χ0) is 18.2. The van der Waals surface area contributed by atoms with Gasteiger partial charge in [0.1, 0.15) is 18.1 Å². The van der Waals surface area contributed by atoms with Gasteiger partial charge in [-0.25, -0.2) is 13.6 Å². The SMILES string of the molecule is CC(C)Oc1ccc(NC(=O)NCCOc2ccc(F)c(F)c2)cc1. The summed E-state index contributed by atoms with van der Waals surface area (Å²) in [6.07, 6.45) is 0.0803. The number of urea groups is 1. The van der Waals surface area contributed by atoms with Crippen LogP contribution in [0.15, 0.2) is 42.5 Å². The lowest BCUT2D eigenvalue weighted by atomic mass is 10.3. The summed E-state index contributed by atoms with van der Waals surface area (Å²) in [7, 11) is 0. The molecule has 0 saturated heterocycles. The summed E-state index contributed by atoms with van der Waals surface area (Å²) in [5.74, 6) is -0.995. The number of anilines is 1. The highest BCUT2D eigenvalue weighted by molar-refractivity contribution is 5.89. The van der Waals surface area contributed by atoms with E-state index < -0.39 is 17.7 Å². The molecular weight excluding hydrogens is 330 g/mol. The van der Waals surface area contributed by atoms with E-state index in [1.807, 2.05) is 13.8 Å². The zero-order valence-corrected chi connectivity index (χ0v) is 14.0. The highest BCUT2D eigenvalue weighted by Gasteiger charge is 2.05. The van der Waals surface area contributed by atoms with Gasteiger partial charge in [-0.2, -0.15) is 0 Å². The Morgan fingerprint density at radius 3 is 2.36 bits per heavy atom. The van der Waals surface area contributed by atoms with E-state index in [-0.39, 0.29) is 25.0 Å². The van der Waals surface area contributed by atoms with Crippen molar-refractivity contribution >= 4 is 11.7 Å². The third-order valence-electron chi connectivity index (χ3n) is 3.03. The Kier molecular flexibility index (Phi) is 6.56. The monoisotopic (exact) mass is 350 g/mol. The van der Waals surface area contributed by atoms with Crippen LogP contribution in [0.4, 0.5) is 19.3 Å². The molecular formula is C18H20F2N2O3. The third kappa shape index (κ3) is 6.29. The van der Waals surface area contributed by atoms with Gasteiger partial charge in [-0.1, -0.05) is 0 Å². The maximum Gasteiger partial charge on any atom is 0.319 e. The number of hydrogen-bond donors (Lipinski definition) is 2. The van der Waals surface area contributed by atoms with Gasteiger partial charge in [-0.15, -0.1) is 0 Å². The molecule has 134 valence electrons. The Labute approximate surface area is 144 Å². The molecule has 0 bridgehead atoms. The van der Waals surface area contributed by atoms with Crippen LogP contribution in [0.25, 0.3) is 0 Å². The third-order valence-corrected chi connectivity index (χ3v) is 3.03. The van der Waals surface area contributed by atoms with E-state index in [9.17, 15) is 13.6 Å². The molecule has 0 fully saturated rings. The fraction of sp³-hybridized carbons (Fsp3) is 0.278. The van der Waals surface area contributed by atoms with Crippen molar-refractivity contribution in [3.63, 3.8) is 0 Å². The van der Waals surface area contributed by atoms with E-state index in [2.05, 4.69) is 10.6 Å². The average molecular weight is 350 g/mol. The minimum Gasteiger partial charge on any atom is -0.492 e. The van der Waals surface area contributed by atoms with Crippen molar-refractivity contribution in [2.24, 2.45) is 0 Å². The summed E-state index contributed by atoms with van der Waals surface area (Å²) in [5.41, 5.74) is 0.620. The first-order chi connectivity index (χ1) is 11.9. The number of ether oxygens (including phenoxy) is 2.